The molecule has 6 heteroatoms. The third-order valence-electron chi connectivity index (χ3n) is 3.81. The fourth-order valence-corrected chi connectivity index (χ4v) is 3.60. The van der Waals surface area contributed by atoms with Crippen LogP contribution in [-0.4, -0.2) is 28.5 Å². The van der Waals surface area contributed by atoms with E-state index >= 15 is 0 Å². The van der Waals surface area contributed by atoms with E-state index in [4.69, 9.17) is 4.74 Å². The van der Waals surface area contributed by atoms with Crippen LogP contribution in [0.4, 0.5) is 8.78 Å². The lowest BCUT2D eigenvalue weighted by molar-refractivity contribution is -0.129. The van der Waals surface area contributed by atoms with Crippen molar-refractivity contribution in [3.05, 3.63) is 71.3 Å². The fraction of sp³-hybridized carbons (Fsp3) is 0.278. The van der Waals surface area contributed by atoms with E-state index in [1.807, 2.05) is 30.3 Å². The van der Waals surface area contributed by atoms with Gasteiger partial charge < -0.3 is 9.64 Å². The Balaban J connectivity index is 1.61. The lowest BCUT2D eigenvalue weighted by Gasteiger charge is -2.24. The van der Waals surface area contributed by atoms with Gasteiger partial charge >= 0.3 is 0 Å². The van der Waals surface area contributed by atoms with E-state index in [1.54, 1.807) is 4.90 Å². The van der Waals surface area contributed by atoms with Crippen LogP contribution in [0, 0.1) is 11.6 Å². The van der Waals surface area contributed by atoms with Crippen molar-refractivity contribution >= 4 is 17.7 Å². The van der Waals surface area contributed by atoms with Gasteiger partial charge in [0.05, 0.1) is 19.0 Å². The van der Waals surface area contributed by atoms with Crippen LogP contribution < -0.4 is 0 Å². The first kappa shape index (κ1) is 16.9. The van der Waals surface area contributed by atoms with Crippen LogP contribution >= 0.6 is 11.8 Å². The van der Waals surface area contributed by atoms with Gasteiger partial charge in [-0.05, 0) is 11.6 Å². The Morgan fingerprint density at radius 2 is 1.92 bits per heavy atom. The standard InChI is InChI=1S/C18H17F2NO2S/c19-15-8-4-7-14(18(15)20)9-21-16(22)12-24-17(21)11-23-10-13-5-2-1-3-6-13/h1-8,17H,9-12H2. The molecule has 0 N–H and O–H groups in total. The molecule has 126 valence electrons. The molecular formula is C18H17F2NO2S. The second-order valence-corrected chi connectivity index (χ2v) is 6.67. The average Bonchev–Trinajstić information content (AvgIpc) is 2.93. The van der Waals surface area contributed by atoms with Crippen molar-refractivity contribution in [1.29, 1.82) is 0 Å². The number of benzene rings is 2. The van der Waals surface area contributed by atoms with E-state index in [-0.39, 0.29) is 23.4 Å². The summed E-state index contributed by atoms with van der Waals surface area (Å²) in [6.07, 6.45) is 0. The number of hydrogen-bond acceptors (Lipinski definition) is 3. The van der Waals surface area contributed by atoms with Crippen molar-refractivity contribution in [3.8, 4) is 0 Å². The Hall–Kier alpha value is -1.92. The Morgan fingerprint density at radius 3 is 2.71 bits per heavy atom. The molecule has 0 aromatic heterocycles. The minimum atomic E-state index is -0.899. The average molecular weight is 349 g/mol. The molecule has 0 aliphatic carbocycles. The van der Waals surface area contributed by atoms with Gasteiger partial charge in [0.25, 0.3) is 0 Å². The summed E-state index contributed by atoms with van der Waals surface area (Å²) >= 11 is 1.46. The van der Waals surface area contributed by atoms with Crippen molar-refractivity contribution in [2.45, 2.75) is 18.5 Å². The first-order chi connectivity index (χ1) is 11.6. The van der Waals surface area contributed by atoms with Gasteiger partial charge in [-0.25, -0.2) is 8.78 Å². The molecule has 1 fully saturated rings. The van der Waals surface area contributed by atoms with Crippen LogP contribution in [-0.2, 0) is 22.7 Å². The molecule has 24 heavy (non-hydrogen) atoms. The van der Waals surface area contributed by atoms with Crippen molar-refractivity contribution < 1.29 is 18.3 Å². The number of nitrogens with zero attached hydrogens (tertiary/aromatic N) is 1. The Morgan fingerprint density at radius 1 is 1.12 bits per heavy atom. The molecule has 1 unspecified atom stereocenters. The maximum Gasteiger partial charge on any atom is 0.233 e. The highest BCUT2D eigenvalue weighted by molar-refractivity contribution is 8.01. The zero-order valence-corrected chi connectivity index (χ0v) is 13.8. The monoisotopic (exact) mass is 349 g/mol. The normalized spacial score (nSPS) is 17.5. The molecule has 0 saturated carbocycles. The topological polar surface area (TPSA) is 29.5 Å². The molecule has 3 nitrogen and oxygen atoms in total. The third-order valence-corrected chi connectivity index (χ3v) is 5.00. The molecule has 0 bridgehead atoms. The van der Waals surface area contributed by atoms with Crippen LogP contribution in [0.5, 0.6) is 0 Å². The lowest BCUT2D eigenvalue weighted by atomic mass is 10.2. The summed E-state index contributed by atoms with van der Waals surface area (Å²) in [7, 11) is 0. The molecular weight excluding hydrogens is 332 g/mol. The van der Waals surface area contributed by atoms with Crippen LogP contribution in [0.25, 0.3) is 0 Å². The van der Waals surface area contributed by atoms with Crippen molar-refractivity contribution in [1.82, 2.24) is 4.90 Å². The summed E-state index contributed by atoms with van der Waals surface area (Å²) in [4.78, 5) is 13.6. The van der Waals surface area contributed by atoms with Gasteiger partial charge in [0, 0.05) is 12.1 Å². The Labute approximate surface area is 143 Å². The summed E-state index contributed by atoms with van der Waals surface area (Å²) in [6.45, 7) is 0.852. The number of ether oxygens (including phenoxy) is 1. The number of thioether (sulfide) groups is 1. The van der Waals surface area contributed by atoms with Crippen LogP contribution in [0.15, 0.2) is 48.5 Å². The molecule has 2 aromatic carbocycles. The molecule has 1 aliphatic heterocycles. The zero-order valence-electron chi connectivity index (χ0n) is 13.0. The van der Waals surface area contributed by atoms with E-state index in [0.29, 0.717) is 19.0 Å². The van der Waals surface area contributed by atoms with Crippen molar-refractivity contribution in [2.75, 3.05) is 12.4 Å². The molecule has 0 spiro atoms. The van der Waals surface area contributed by atoms with Gasteiger partial charge in [-0.2, -0.15) is 0 Å². The predicted octanol–water partition coefficient (Wildman–Crippen LogP) is 3.58. The maximum absolute atomic E-state index is 13.8. The second-order valence-electron chi connectivity index (χ2n) is 5.50. The van der Waals surface area contributed by atoms with Gasteiger partial charge in [0.2, 0.25) is 5.91 Å². The fourth-order valence-electron chi connectivity index (χ4n) is 2.53. The molecule has 2 aromatic rings. The van der Waals surface area contributed by atoms with E-state index in [0.717, 1.165) is 11.6 Å². The second kappa shape index (κ2) is 7.77. The zero-order chi connectivity index (χ0) is 16.9. The number of amides is 1. The highest BCUT2D eigenvalue weighted by Gasteiger charge is 2.32. The predicted molar refractivity (Wildman–Crippen MR) is 89.3 cm³/mol. The summed E-state index contributed by atoms with van der Waals surface area (Å²) < 4.78 is 32.9. The van der Waals surface area contributed by atoms with Crippen LogP contribution in [0.2, 0.25) is 0 Å². The molecule has 1 aliphatic rings. The number of rotatable bonds is 6. The van der Waals surface area contributed by atoms with E-state index < -0.39 is 11.6 Å². The quantitative estimate of drug-likeness (QED) is 0.798. The molecule has 3 rings (SSSR count). The smallest absolute Gasteiger partial charge is 0.233 e. The Kier molecular flexibility index (Phi) is 5.48. The summed E-state index contributed by atoms with van der Waals surface area (Å²) in [5.74, 6) is -1.55. The number of hydrogen-bond donors (Lipinski definition) is 0. The van der Waals surface area contributed by atoms with E-state index in [1.165, 1.54) is 23.9 Å². The number of halogens is 2. The first-order valence-corrected chi connectivity index (χ1v) is 8.65. The van der Waals surface area contributed by atoms with Gasteiger partial charge in [-0.3, -0.25) is 4.79 Å². The van der Waals surface area contributed by atoms with E-state index in [9.17, 15) is 13.6 Å². The molecule has 1 heterocycles. The molecule has 1 atom stereocenters. The molecule has 1 amide bonds. The first-order valence-electron chi connectivity index (χ1n) is 7.61. The highest BCUT2D eigenvalue weighted by atomic mass is 32.2. The van der Waals surface area contributed by atoms with Gasteiger partial charge in [-0.1, -0.05) is 42.5 Å². The summed E-state index contributed by atoms with van der Waals surface area (Å²) in [5.41, 5.74) is 1.23. The van der Waals surface area contributed by atoms with Crippen molar-refractivity contribution in [2.24, 2.45) is 0 Å². The third kappa shape index (κ3) is 3.94. The largest absolute Gasteiger partial charge is 0.374 e. The maximum atomic E-state index is 13.8. The van der Waals surface area contributed by atoms with Crippen LogP contribution in [0.1, 0.15) is 11.1 Å². The summed E-state index contributed by atoms with van der Waals surface area (Å²) in [5, 5.41) is -0.191. The van der Waals surface area contributed by atoms with Crippen molar-refractivity contribution in [3.63, 3.8) is 0 Å². The highest BCUT2D eigenvalue weighted by Crippen LogP contribution is 2.28. The number of carbonyl (C=O) groups is 1. The van der Waals surface area contributed by atoms with Crippen LogP contribution in [0.3, 0.4) is 0 Å². The SMILES string of the molecule is O=C1CSC(COCc2ccccc2)N1Cc1cccc(F)c1F. The number of carbonyl (C=O) groups excluding carboxylic acids is 1. The Bertz CT molecular complexity index is 711. The minimum Gasteiger partial charge on any atom is -0.374 e. The van der Waals surface area contributed by atoms with Gasteiger partial charge in [0.1, 0.15) is 5.37 Å². The van der Waals surface area contributed by atoms with Gasteiger partial charge in [-0.15, -0.1) is 11.8 Å². The lowest BCUT2D eigenvalue weighted by Crippen LogP contribution is -2.35. The summed E-state index contributed by atoms with van der Waals surface area (Å²) in [6, 6.07) is 13.7. The van der Waals surface area contributed by atoms with E-state index in [2.05, 4.69) is 0 Å². The minimum absolute atomic E-state index is 0.0504. The molecule has 0 radical (unpaired) electrons. The molecule has 1 saturated heterocycles. The van der Waals surface area contributed by atoms with Gasteiger partial charge in [0.15, 0.2) is 11.6 Å².